The van der Waals surface area contributed by atoms with Crippen molar-refractivity contribution < 1.29 is 9.90 Å². The van der Waals surface area contributed by atoms with Crippen LogP contribution < -0.4 is 5.32 Å². The van der Waals surface area contributed by atoms with E-state index in [1.165, 1.54) is 0 Å². The Morgan fingerprint density at radius 2 is 1.65 bits per heavy atom. The molecule has 0 saturated heterocycles. The second-order valence-corrected chi connectivity index (χ2v) is 5.99. The van der Waals surface area contributed by atoms with Gasteiger partial charge in [0, 0.05) is 22.1 Å². The maximum atomic E-state index is 12.5. The number of carbonyl (C=O) groups is 1. The molecule has 26 heavy (non-hydrogen) atoms. The molecule has 4 aromatic rings. The molecule has 5 nitrogen and oxygen atoms in total. The Labute approximate surface area is 150 Å². The molecule has 3 N–H and O–H groups in total. The molecule has 0 spiro atoms. The number of amides is 1. The maximum absolute atomic E-state index is 12.5. The van der Waals surface area contributed by atoms with Crippen molar-refractivity contribution in [3.05, 3.63) is 90.0 Å². The van der Waals surface area contributed by atoms with Gasteiger partial charge >= 0.3 is 0 Å². The Morgan fingerprint density at radius 1 is 0.962 bits per heavy atom. The van der Waals surface area contributed by atoms with Crippen LogP contribution in [0.2, 0.25) is 0 Å². The number of aliphatic hydroxyl groups excluding tert-OH is 1. The van der Waals surface area contributed by atoms with Gasteiger partial charge in [0.15, 0.2) is 6.23 Å². The first-order chi connectivity index (χ1) is 12.7. The number of nitrogens with one attached hydrogen (secondary N) is 2. The lowest BCUT2D eigenvalue weighted by Crippen LogP contribution is -2.28. The van der Waals surface area contributed by atoms with Gasteiger partial charge < -0.3 is 10.4 Å². The van der Waals surface area contributed by atoms with Gasteiger partial charge in [-0.15, -0.1) is 0 Å². The van der Waals surface area contributed by atoms with Gasteiger partial charge in [0.2, 0.25) is 0 Å². The molecule has 5 heteroatoms. The van der Waals surface area contributed by atoms with Gasteiger partial charge in [-0.25, -0.2) is 0 Å². The van der Waals surface area contributed by atoms with Crippen LogP contribution >= 0.6 is 0 Å². The molecule has 0 fully saturated rings. The van der Waals surface area contributed by atoms with Crippen molar-refractivity contribution in [3.8, 4) is 11.3 Å². The maximum Gasteiger partial charge on any atom is 0.253 e. The summed E-state index contributed by atoms with van der Waals surface area (Å²) in [7, 11) is 0. The van der Waals surface area contributed by atoms with Crippen molar-refractivity contribution in [1.82, 2.24) is 15.5 Å². The number of aromatic nitrogens is 2. The number of hydrogen-bond acceptors (Lipinski definition) is 3. The summed E-state index contributed by atoms with van der Waals surface area (Å²) in [4.78, 5) is 12.5. The highest BCUT2D eigenvalue weighted by molar-refractivity contribution is 6.01. The standard InChI is InChI=1S/C21H17N3O2/c25-20(15-9-5-2-6-10-15)22-21(26)16-11-12-18-17(13-16)19(24-23-18)14-7-3-1-4-8-14/h1-13,20,25H,(H,22,26)(H,23,24)/t20-/m0/s1. The quantitative estimate of drug-likeness (QED) is 0.495. The summed E-state index contributed by atoms with van der Waals surface area (Å²) < 4.78 is 0. The minimum absolute atomic E-state index is 0.344. The van der Waals surface area contributed by atoms with Gasteiger partial charge in [-0.05, 0) is 18.2 Å². The fourth-order valence-electron chi connectivity index (χ4n) is 2.90. The third kappa shape index (κ3) is 3.08. The van der Waals surface area contributed by atoms with Crippen molar-refractivity contribution in [2.45, 2.75) is 6.23 Å². The molecule has 0 saturated carbocycles. The van der Waals surface area contributed by atoms with E-state index in [0.717, 1.165) is 22.2 Å². The monoisotopic (exact) mass is 343 g/mol. The molecule has 0 aliphatic carbocycles. The summed E-state index contributed by atoms with van der Waals surface area (Å²) in [5.74, 6) is -0.344. The van der Waals surface area contributed by atoms with Crippen LogP contribution in [0.5, 0.6) is 0 Å². The second kappa shape index (κ2) is 6.82. The number of hydrogen-bond donors (Lipinski definition) is 3. The van der Waals surface area contributed by atoms with E-state index in [0.29, 0.717) is 11.1 Å². The summed E-state index contributed by atoms with van der Waals surface area (Å²) in [6.45, 7) is 0. The van der Waals surface area contributed by atoms with Crippen molar-refractivity contribution in [1.29, 1.82) is 0 Å². The molecule has 0 bridgehead atoms. The van der Waals surface area contributed by atoms with E-state index in [1.807, 2.05) is 54.6 Å². The van der Waals surface area contributed by atoms with E-state index in [4.69, 9.17) is 0 Å². The Balaban J connectivity index is 1.64. The normalized spacial score (nSPS) is 12.0. The number of nitrogens with zero attached hydrogens (tertiary/aromatic N) is 1. The molecular weight excluding hydrogens is 326 g/mol. The van der Waals surface area contributed by atoms with E-state index in [9.17, 15) is 9.90 Å². The van der Waals surface area contributed by atoms with E-state index in [1.54, 1.807) is 24.3 Å². The first-order valence-corrected chi connectivity index (χ1v) is 8.30. The second-order valence-electron chi connectivity index (χ2n) is 5.99. The molecule has 0 aliphatic heterocycles. The average molecular weight is 343 g/mol. The molecule has 0 aliphatic rings. The lowest BCUT2D eigenvalue weighted by molar-refractivity contribution is 0.0784. The number of benzene rings is 3. The van der Waals surface area contributed by atoms with Crippen molar-refractivity contribution >= 4 is 16.8 Å². The van der Waals surface area contributed by atoms with Crippen LogP contribution in [0.1, 0.15) is 22.1 Å². The van der Waals surface area contributed by atoms with E-state index < -0.39 is 6.23 Å². The predicted octanol–water partition coefficient (Wildman–Crippen LogP) is 3.65. The molecule has 1 atom stereocenters. The summed E-state index contributed by atoms with van der Waals surface area (Å²) >= 11 is 0. The molecule has 1 heterocycles. The van der Waals surface area contributed by atoms with Crippen LogP contribution in [-0.4, -0.2) is 21.2 Å². The molecule has 0 unspecified atom stereocenters. The first kappa shape index (κ1) is 16.1. The van der Waals surface area contributed by atoms with Crippen LogP contribution in [0.4, 0.5) is 0 Å². The smallest absolute Gasteiger partial charge is 0.253 e. The zero-order valence-corrected chi connectivity index (χ0v) is 13.9. The third-order valence-corrected chi connectivity index (χ3v) is 4.26. The van der Waals surface area contributed by atoms with Crippen LogP contribution in [0.25, 0.3) is 22.2 Å². The summed E-state index contributed by atoms with van der Waals surface area (Å²) in [5, 5.41) is 21.0. The highest BCUT2D eigenvalue weighted by Gasteiger charge is 2.15. The summed E-state index contributed by atoms with van der Waals surface area (Å²) in [5.41, 5.74) is 3.71. The van der Waals surface area contributed by atoms with E-state index in [-0.39, 0.29) is 5.91 Å². The lowest BCUT2D eigenvalue weighted by atomic mass is 10.1. The third-order valence-electron chi connectivity index (χ3n) is 4.26. The highest BCUT2D eigenvalue weighted by atomic mass is 16.3. The minimum Gasteiger partial charge on any atom is -0.369 e. The van der Waals surface area contributed by atoms with Gasteiger partial charge in [0.1, 0.15) is 0 Å². The highest BCUT2D eigenvalue weighted by Crippen LogP contribution is 2.27. The minimum atomic E-state index is -1.06. The summed E-state index contributed by atoms with van der Waals surface area (Å²) in [6, 6.07) is 24.1. The Morgan fingerprint density at radius 3 is 2.38 bits per heavy atom. The SMILES string of the molecule is O=C(N[C@@H](O)c1ccccc1)c1ccc2[nH]nc(-c3ccccc3)c2c1. The number of carbonyl (C=O) groups excluding carboxylic acids is 1. The Hall–Kier alpha value is -3.44. The molecule has 4 rings (SSSR count). The fourth-order valence-corrected chi connectivity index (χ4v) is 2.90. The molecule has 1 aromatic heterocycles. The molecule has 3 aromatic carbocycles. The zero-order valence-electron chi connectivity index (χ0n) is 13.9. The largest absolute Gasteiger partial charge is 0.369 e. The van der Waals surface area contributed by atoms with Crippen LogP contribution in [0.3, 0.4) is 0 Å². The van der Waals surface area contributed by atoms with Crippen molar-refractivity contribution in [2.75, 3.05) is 0 Å². The number of aliphatic hydroxyl groups is 1. The van der Waals surface area contributed by atoms with E-state index >= 15 is 0 Å². The summed E-state index contributed by atoms with van der Waals surface area (Å²) in [6.07, 6.45) is -1.06. The Bertz CT molecular complexity index is 1040. The number of H-pyrrole nitrogens is 1. The van der Waals surface area contributed by atoms with Gasteiger partial charge in [-0.2, -0.15) is 5.10 Å². The predicted molar refractivity (Wildman–Crippen MR) is 100 cm³/mol. The first-order valence-electron chi connectivity index (χ1n) is 8.30. The molecule has 0 radical (unpaired) electrons. The fraction of sp³-hybridized carbons (Fsp3) is 0.0476. The van der Waals surface area contributed by atoms with Gasteiger partial charge in [0.25, 0.3) is 5.91 Å². The van der Waals surface area contributed by atoms with E-state index in [2.05, 4.69) is 15.5 Å². The molecular formula is C21H17N3O2. The lowest BCUT2D eigenvalue weighted by Gasteiger charge is -2.13. The zero-order chi connectivity index (χ0) is 17.9. The van der Waals surface area contributed by atoms with Crippen LogP contribution in [-0.2, 0) is 0 Å². The van der Waals surface area contributed by atoms with Crippen molar-refractivity contribution in [2.24, 2.45) is 0 Å². The molecule has 128 valence electrons. The number of aromatic amines is 1. The van der Waals surface area contributed by atoms with Gasteiger partial charge in [-0.3, -0.25) is 9.89 Å². The van der Waals surface area contributed by atoms with Crippen LogP contribution in [0.15, 0.2) is 78.9 Å². The molecule has 1 amide bonds. The topological polar surface area (TPSA) is 78.0 Å². The van der Waals surface area contributed by atoms with Gasteiger partial charge in [-0.1, -0.05) is 60.7 Å². The Kier molecular flexibility index (Phi) is 4.21. The number of fused-ring (bicyclic) bond motifs is 1. The van der Waals surface area contributed by atoms with Crippen LogP contribution in [0, 0.1) is 0 Å². The average Bonchev–Trinajstić information content (AvgIpc) is 3.12. The van der Waals surface area contributed by atoms with Crippen molar-refractivity contribution in [3.63, 3.8) is 0 Å². The number of rotatable bonds is 4. The van der Waals surface area contributed by atoms with Gasteiger partial charge in [0.05, 0.1) is 11.2 Å².